The van der Waals surface area contributed by atoms with Crippen molar-refractivity contribution in [1.82, 2.24) is 10.2 Å². The van der Waals surface area contributed by atoms with Crippen LogP contribution in [0.25, 0.3) is 0 Å². The molecule has 0 saturated carbocycles. The van der Waals surface area contributed by atoms with Gasteiger partial charge in [0.05, 0.1) is 7.11 Å². The second kappa shape index (κ2) is 7.67. The lowest BCUT2D eigenvalue weighted by Gasteiger charge is -2.31. The summed E-state index contributed by atoms with van der Waals surface area (Å²) in [5.41, 5.74) is -0.592. The minimum atomic E-state index is -0.592. The van der Waals surface area contributed by atoms with E-state index in [1.165, 1.54) is 7.11 Å². The average Bonchev–Trinajstić information content (AvgIpc) is 2.25. The molecule has 0 fully saturated rings. The van der Waals surface area contributed by atoms with Gasteiger partial charge in [-0.25, -0.2) is 0 Å². The van der Waals surface area contributed by atoms with Gasteiger partial charge in [-0.05, 0) is 47.2 Å². The van der Waals surface area contributed by atoms with Crippen molar-refractivity contribution < 1.29 is 9.53 Å². The number of carbonyl (C=O) groups is 1. The summed E-state index contributed by atoms with van der Waals surface area (Å²) in [4.78, 5) is 14.1. The molecule has 0 aromatic heterocycles. The number of methoxy groups -OCH3 is 1. The van der Waals surface area contributed by atoms with Crippen molar-refractivity contribution in [2.24, 2.45) is 0 Å². The molecule has 1 unspecified atom stereocenters. The van der Waals surface area contributed by atoms with Crippen LogP contribution in [0.3, 0.4) is 0 Å². The maximum Gasteiger partial charge on any atom is 0.325 e. The Balaban J connectivity index is 4.43. The van der Waals surface area contributed by atoms with Gasteiger partial charge >= 0.3 is 5.97 Å². The lowest BCUT2D eigenvalue weighted by molar-refractivity contribution is -0.148. The molecule has 0 aliphatic carbocycles. The van der Waals surface area contributed by atoms with E-state index in [1.54, 1.807) is 0 Å². The first-order valence-corrected chi connectivity index (χ1v) is 6.40. The highest BCUT2D eigenvalue weighted by Gasteiger charge is 2.34. The average molecular weight is 244 g/mol. The van der Waals surface area contributed by atoms with Crippen molar-refractivity contribution >= 4 is 5.97 Å². The van der Waals surface area contributed by atoms with Crippen LogP contribution in [0.2, 0.25) is 0 Å². The summed E-state index contributed by atoms with van der Waals surface area (Å²) in [5, 5.41) is 3.30. The Kier molecular flexibility index (Phi) is 7.39. The summed E-state index contributed by atoms with van der Waals surface area (Å²) < 4.78 is 4.89. The Hall–Kier alpha value is -0.610. The molecule has 0 aromatic carbocycles. The monoisotopic (exact) mass is 244 g/mol. The van der Waals surface area contributed by atoms with E-state index >= 15 is 0 Å². The fourth-order valence-electron chi connectivity index (χ4n) is 2.00. The van der Waals surface area contributed by atoms with Gasteiger partial charge in [0.25, 0.3) is 0 Å². The van der Waals surface area contributed by atoms with Crippen molar-refractivity contribution in [3.05, 3.63) is 0 Å². The fraction of sp³-hybridized carbons (Fsp3) is 0.923. The van der Waals surface area contributed by atoms with Gasteiger partial charge in [-0.15, -0.1) is 0 Å². The zero-order chi connectivity index (χ0) is 13.5. The largest absolute Gasteiger partial charge is 0.468 e. The van der Waals surface area contributed by atoms with E-state index in [0.717, 1.165) is 25.9 Å². The van der Waals surface area contributed by atoms with E-state index in [0.29, 0.717) is 0 Å². The van der Waals surface area contributed by atoms with Gasteiger partial charge in [-0.3, -0.25) is 10.1 Å². The molecule has 1 N–H and O–H groups in total. The number of hydrogen-bond acceptors (Lipinski definition) is 4. The van der Waals surface area contributed by atoms with E-state index in [2.05, 4.69) is 24.2 Å². The van der Waals surface area contributed by atoms with Crippen LogP contribution in [0.15, 0.2) is 0 Å². The number of carbonyl (C=O) groups excluding carboxylic acids is 1. The predicted molar refractivity (Wildman–Crippen MR) is 71.1 cm³/mol. The molecule has 0 radical (unpaired) electrons. The Morgan fingerprint density at radius 2 is 2.00 bits per heavy atom. The highest BCUT2D eigenvalue weighted by Crippen LogP contribution is 2.14. The summed E-state index contributed by atoms with van der Waals surface area (Å²) >= 11 is 0. The molecule has 4 heteroatoms. The number of esters is 1. The number of nitrogens with zero attached hydrogens (tertiary/aromatic N) is 1. The lowest BCUT2D eigenvalue weighted by Crippen LogP contribution is -2.54. The molecular weight excluding hydrogens is 216 g/mol. The molecule has 0 rings (SSSR count). The van der Waals surface area contributed by atoms with Crippen LogP contribution in [-0.4, -0.2) is 49.7 Å². The Morgan fingerprint density at radius 3 is 2.41 bits per heavy atom. The highest BCUT2D eigenvalue weighted by molar-refractivity contribution is 5.80. The van der Waals surface area contributed by atoms with Crippen LogP contribution >= 0.6 is 0 Å². The number of ether oxygens (including phenoxy) is 1. The van der Waals surface area contributed by atoms with Gasteiger partial charge in [-0.2, -0.15) is 0 Å². The number of nitrogens with one attached hydrogen (secondary N) is 1. The Bertz CT molecular complexity index is 231. The third-order valence-corrected chi connectivity index (χ3v) is 2.84. The van der Waals surface area contributed by atoms with E-state index in [4.69, 9.17) is 4.74 Å². The van der Waals surface area contributed by atoms with Crippen LogP contribution in [-0.2, 0) is 9.53 Å². The normalized spacial score (nSPS) is 15.1. The van der Waals surface area contributed by atoms with Crippen LogP contribution in [0, 0.1) is 0 Å². The standard InChI is InChI=1S/C13H28N2O2/c1-7-9-15(5)10-8-13(4,12(16)17-6)14-11(2)3/h11,14H,7-10H2,1-6H3. The molecule has 0 bridgehead atoms. The minimum Gasteiger partial charge on any atom is -0.468 e. The summed E-state index contributed by atoms with van der Waals surface area (Å²) in [6.45, 7) is 10.1. The van der Waals surface area contributed by atoms with Crippen LogP contribution in [0.5, 0.6) is 0 Å². The topological polar surface area (TPSA) is 41.6 Å². The van der Waals surface area contributed by atoms with E-state index in [9.17, 15) is 4.79 Å². The second-order valence-corrected chi connectivity index (χ2v) is 5.18. The van der Waals surface area contributed by atoms with Gasteiger partial charge in [0.1, 0.15) is 5.54 Å². The third-order valence-electron chi connectivity index (χ3n) is 2.84. The van der Waals surface area contributed by atoms with Crippen LogP contribution < -0.4 is 5.32 Å². The first-order chi connectivity index (χ1) is 7.85. The zero-order valence-corrected chi connectivity index (χ0v) is 12.2. The number of rotatable bonds is 8. The van der Waals surface area contributed by atoms with Gasteiger partial charge in [-0.1, -0.05) is 6.92 Å². The molecule has 0 heterocycles. The third kappa shape index (κ3) is 6.03. The summed E-state index contributed by atoms with van der Waals surface area (Å²) in [6.07, 6.45) is 1.89. The summed E-state index contributed by atoms with van der Waals surface area (Å²) in [7, 11) is 3.52. The smallest absolute Gasteiger partial charge is 0.325 e. The molecule has 1 atom stereocenters. The van der Waals surface area contributed by atoms with Crippen molar-refractivity contribution in [3.63, 3.8) is 0 Å². The van der Waals surface area contributed by atoms with Gasteiger partial charge in [0.2, 0.25) is 0 Å². The number of hydrogen-bond donors (Lipinski definition) is 1. The molecule has 17 heavy (non-hydrogen) atoms. The predicted octanol–water partition coefficient (Wildman–Crippen LogP) is 1.65. The van der Waals surface area contributed by atoms with E-state index in [1.807, 2.05) is 20.8 Å². The Morgan fingerprint density at radius 1 is 1.41 bits per heavy atom. The molecule has 0 spiro atoms. The highest BCUT2D eigenvalue weighted by atomic mass is 16.5. The zero-order valence-electron chi connectivity index (χ0n) is 12.2. The summed E-state index contributed by atoms with van der Waals surface area (Å²) in [6, 6.07) is 0.260. The molecule has 0 saturated heterocycles. The summed E-state index contributed by atoms with van der Waals surface area (Å²) in [5.74, 6) is -0.184. The van der Waals surface area contributed by atoms with Crippen molar-refractivity contribution in [3.8, 4) is 0 Å². The SMILES string of the molecule is CCCN(C)CCC(C)(NC(C)C)C(=O)OC. The van der Waals surface area contributed by atoms with Crippen LogP contribution in [0.1, 0.15) is 40.5 Å². The maximum absolute atomic E-state index is 11.8. The first kappa shape index (κ1) is 16.4. The first-order valence-electron chi connectivity index (χ1n) is 6.40. The van der Waals surface area contributed by atoms with Crippen LogP contribution in [0.4, 0.5) is 0 Å². The van der Waals surface area contributed by atoms with Gasteiger partial charge in [0, 0.05) is 12.6 Å². The quantitative estimate of drug-likeness (QED) is 0.659. The fourth-order valence-corrected chi connectivity index (χ4v) is 2.00. The molecule has 0 aliphatic heterocycles. The van der Waals surface area contributed by atoms with E-state index in [-0.39, 0.29) is 12.0 Å². The Labute approximate surface area is 106 Å². The molecule has 0 aromatic rings. The van der Waals surface area contributed by atoms with Gasteiger partial charge in [0.15, 0.2) is 0 Å². The molecule has 102 valence electrons. The maximum atomic E-state index is 11.8. The van der Waals surface area contributed by atoms with Crippen molar-refractivity contribution in [2.45, 2.75) is 52.1 Å². The molecule has 0 amide bonds. The second-order valence-electron chi connectivity index (χ2n) is 5.18. The van der Waals surface area contributed by atoms with E-state index < -0.39 is 5.54 Å². The van der Waals surface area contributed by atoms with Gasteiger partial charge < -0.3 is 9.64 Å². The molecule has 0 aliphatic rings. The van der Waals surface area contributed by atoms with Crippen molar-refractivity contribution in [1.29, 1.82) is 0 Å². The molecular formula is C13H28N2O2. The molecule has 4 nitrogen and oxygen atoms in total. The van der Waals surface area contributed by atoms with Crippen molar-refractivity contribution in [2.75, 3.05) is 27.2 Å². The minimum absolute atomic E-state index is 0.184. The lowest BCUT2D eigenvalue weighted by atomic mass is 9.96.